The number of methoxy groups -OCH3 is 1. The second-order valence-corrected chi connectivity index (χ2v) is 8.88. The summed E-state index contributed by atoms with van der Waals surface area (Å²) in [5.74, 6) is 2.06. The summed E-state index contributed by atoms with van der Waals surface area (Å²) in [6.45, 7) is 6.42. The van der Waals surface area contributed by atoms with Gasteiger partial charge in [-0.25, -0.2) is 0 Å². The average molecular weight is 407 g/mol. The Labute approximate surface area is 180 Å². The molecule has 0 N–H and O–H groups in total. The molecule has 4 rings (SSSR count). The Morgan fingerprint density at radius 2 is 1.93 bits per heavy atom. The maximum atomic E-state index is 13.1. The van der Waals surface area contributed by atoms with Gasteiger partial charge in [0.2, 0.25) is 0 Å². The molecule has 0 radical (unpaired) electrons. The molecule has 0 aliphatic carbocycles. The van der Waals surface area contributed by atoms with Crippen molar-refractivity contribution < 1.29 is 9.53 Å². The molecule has 4 heteroatoms. The standard InChI is InChI=1S/C26H34N2O2/c1-20(21-8-4-3-5-9-21)13-16-27-15-7-11-23-19-28(17-14-25(23)27)26(29)22-10-6-12-24(18-22)30-2/h3-6,8-10,12,18,20,23,25H,7,11,13-17,19H2,1-2H3/t20-,23+,25+/m0/s1. The van der Waals surface area contributed by atoms with Gasteiger partial charge < -0.3 is 9.64 Å². The number of fused-ring (bicyclic) bond motifs is 1. The Morgan fingerprint density at radius 3 is 2.73 bits per heavy atom. The number of amides is 1. The molecule has 2 saturated heterocycles. The van der Waals surface area contributed by atoms with Crippen molar-refractivity contribution in [2.75, 3.05) is 33.3 Å². The maximum Gasteiger partial charge on any atom is 0.253 e. The quantitative estimate of drug-likeness (QED) is 0.690. The first-order valence-corrected chi connectivity index (χ1v) is 11.4. The van der Waals surface area contributed by atoms with Gasteiger partial charge in [0, 0.05) is 24.7 Å². The molecule has 4 nitrogen and oxygen atoms in total. The second kappa shape index (κ2) is 9.65. The minimum atomic E-state index is 0.141. The highest BCUT2D eigenvalue weighted by atomic mass is 16.5. The van der Waals surface area contributed by atoms with Crippen molar-refractivity contribution in [2.24, 2.45) is 5.92 Å². The van der Waals surface area contributed by atoms with Gasteiger partial charge in [-0.1, -0.05) is 43.3 Å². The zero-order chi connectivity index (χ0) is 20.9. The second-order valence-electron chi connectivity index (χ2n) is 8.88. The van der Waals surface area contributed by atoms with E-state index in [1.807, 2.05) is 24.3 Å². The van der Waals surface area contributed by atoms with Crippen LogP contribution in [-0.2, 0) is 0 Å². The molecule has 1 amide bonds. The molecule has 2 aromatic carbocycles. The highest BCUT2D eigenvalue weighted by Crippen LogP contribution is 2.32. The SMILES string of the molecule is COc1cccc(C(=O)N2CC[C@@H]3[C@H](CCCN3CC[C@H](C)c3ccccc3)C2)c1. The van der Waals surface area contributed by atoms with Crippen LogP contribution in [0.25, 0.3) is 0 Å². The van der Waals surface area contributed by atoms with Crippen molar-refractivity contribution in [1.82, 2.24) is 9.80 Å². The molecule has 2 aliphatic heterocycles. The van der Waals surface area contributed by atoms with Gasteiger partial charge in [0.1, 0.15) is 5.75 Å². The van der Waals surface area contributed by atoms with Gasteiger partial charge in [0.25, 0.3) is 5.91 Å². The minimum absolute atomic E-state index is 0.141. The number of carbonyl (C=O) groups is 1. The molecule has 2 heterocycles. The molecule has 160 valence electrons. The average Bonchev–Trinajstić information content (AvgIpc) is 2.82. The normalized spacial score (nSPS) is 22.9. The fourth-order valence-electron chi connectivity index (χ4n) is 5.22. The summed E-state index contributed by atoms with van der Waals surface area (Å²) in [5.41, 5.74) is 2.17. The van der Waals surface area contributed by atoms with Crippen LogP contribution in [0.3, 0.4) is 0 Å². The Bertz CT molecular complexity index is 838. The lowest BCUT2D eigenvalue weighted by molar-refractivity contribution is 0.0201. The van der Waals surface area contributed by atoms with E-state index in [1.165, 1.54) is 31.4 Å². The smallest absolute Gasteiger partial charge is 0.253 e. The van der Waals surface area contributed by atoms with Crippen molar-refractivity contribution in [3.8, 4) is 5.75 Å². The number of hydrogen-bond donors (Lipinski definition) is 0. The van der Waals surface area contributed by atoms with E-state index in [0.717, 1.165) is 37.4 Å². The predicted molar refractivity (Wildman–Crippen MR) is 121 cm³/mol. The fraction of sp³-hybridized carbons (Fsp3) is 0.500. The maximum absolute atomic E-state index is 13.1. The molecule has 0 unspecified atom stereocenters. The van der Waals surface area contributed by atoms with Gasteiger partial charge in [-0.3, -0.25) is 9.69 Å². The van der Waals surface area contributed by atoms with E-state index in [9.17, 15) is 4.79 Å². The monoisotopic (exact) mass is 406 g/mol. The largest absolute Gasteiger partial charge is 0.497 e. The van der Waals surface area contributed by atoms with Crippen LogP contribution in [0, 0.1) is 5.92 Å². The fourth-order valence-corrected chi connectivity index (χ4v) is 5.22. The van der Waals surface area contributed by atoms with E-state index in [-0.39, 0.29) is 5.91 Å². The lowest BCUT2D eigenvalue weighted by Gasteiger charge is -2.47. The summed E-state index contributed by atoms with van der Waals surface area (Å²) in [6, 6.07) is 19.0. The van der Waals surface area contributed by atoms with Gasteiger partial charge in [0.05, 0.1) is 7.11 Å². The topological polar surface area (TPSA) is 32.8 Å². The number of likely N-dealkylation sites (tertiary alicyclic amines) is 2. The first-order chi connectivity index (χ1) is 14.7. The zero-order valence-electron chi connectivity index (χ0n) is 18.3. The van der Waals surface area contributed by atoms with Crippen molar-refractivity contribution in [2.45, 2.75) is 44.6 Å². The Kier molecular flexibility index (Phi) is 6.73. The number of piperidine rings is 2. The third kappa shape index (κ3) is 4.70. The van der Waals surface area contributed by atoms with Crippen LogP contribution in [0.4, 0.5) is 0 Å². The van der Waals surface area contributed by atoms with E-state index in [4.69, 9.17) is 4.74 Å². The number of carbonyl (C=O) groups excluding carboxylic acids is 1. The molecule has 2 fully saturated rings. The van der Waals surface area contributed by atoms with Crippen LogP contribution in [-0.4, -0.2) is 55.0 Å². The number of nitrogens with zero attached hydrogens (tertiary/aromatic N) is 2. The van der Waals surface area contributed by atoms with Crippen LogP contribution in [0.15, 0.2) is 54.6 Å². The Balaban J connectivity index is 1.35. The number of hydrogen-bond acceptors (Lipinski definition) is 3. The van der Waals surface area contributed by atoms with Gasteiger partial charge in [-0.2, -0.15) is 0 Å². The lowest BCUT2D eigenvalue weighted by atomic mass is 9.83. The Hall–Kier alpha value is -2.33. The predicted octanol–water partition coefficient (Wildman–Crippen LogP) is 4.82. The Morgan fingerprint density at radius 1 is 1.10 bits per heavy atom. The summed E-state index contributed by atoms with van der Waals surface area (Å²) in [4.78, 5) is 17.8. The third-order valence-electron chi connectivity index (χ3n) is 7.00. The van der Waals surface area contributed by atoms with Gasteiger partial charge in [-0.05, 0) is 74.4 Å². The zero-order valence-corrected chi connectivity index (χ0v) is 18.3. The minimum Gasteiger partial charge on any atom is -0.497 e. The van der Waals surface area contributed by atoms with E-state index in [1.54, 1.807) is 7.11 Å². The van der Waals surface area contributed by atoms with E-state index >= 15 is 0 Å². The van der Waals surface area contributed by atoms with Crippen LogP contribution in [0.5, 0.6) is 5.75 Å². The van der Waals surface area contributed by atoms with Gasteiger partial charge in [-0.15, -0.1) is 0 Å². The summed E-state index contributed by atoms with van der Waals surface area (Å²) >= 11 is 0. The molecule has 2 aliphatic rings. The molecule has 0 bridgehead atoms. The first kappa shape index (κ1) is 20.9. The van der Waals surface area contributed by atoms with Crippen LogP contribution in [0.2, 0.25) is 0 Å². The molecule has 3 atom stereocenters. The van der Waals surface area contributed by atoms with Crippen molar-refractivity contribution >= 4 is 5.91 Å². The molecule has 0 aromatic heterocycles. The summed E-state index contributed by atoms with van der Waals surface area (Å²) in [5, 5.41) is 0. The van der Waals surface area contributed by atoms with Crippen LogP contribution < -0.4 is 4.74 Å². The van der Waals surface area contributed by atoms with E-state index in [0.29, 0.717) is 17.9 Å². The van der Waals surface area contributed by atoms with Gasteiger partial charge in [0.15, 0.2) is 0 Å². The van der Waals surface area contributed by atoms with Crippen molar-refractivity contribution in [3.05, 3.63) is 65.7 Å². The van der Waals surface area contributed by atoms with E-state index in [2.05, 4.69) is 47.1 Å². The van der Waals surface area contributed by atoms with Crippen LogP contribution in [0.1, 0.15) is 54.4 Å². The molecule has 2 aromatic rings. The van der Waals surface area contributed by atoms with Crippen molar-refractivity contribution in [1.29, 1.82) is 0 Å². The summed E-state index contributed by atoms with van der Waals surface area (Å²) in [6.07, 6.45) is 4.75. The molecule has 0 spiro atoms. The number of benzene rings is 2. The molecular formula is C26H34N2O2. The van der Waals surface area contributed by atoms with Crippen LogP contribution >= 0.6 is 0 Å². The highest BCUT2D eigenvalue weighted by Gasteiger charge is 2.37. The summed E-state index contributed by atoms with van der Waals surface area (Å²) in [7, 11) is 1.64. The molecular weight excluding hydrogens is 372 g/mol. The lowest BCUT2D eigenvalue weighted by Crippen LogP contribution is -2.55. The third-order valence-corrected chi connectivity index (χ3v) is 7.00. The van der Waals surface area contributed by atoms with E-state index < -0.39 is 0 Å². The number of ether oxygens (including phenoxy) is 1. The molecule has 30 heavy (non-hydrogen) atoms. The first-order valence-electron chi connectivity index (χ1n) is 11.4. The summed E-state index contributed by atoms with van der Waals surface area (Å²) < 4.78 is 5.29. The van der Waals surface area contributed by atoms with Crippen molar-refractivity contribution in [3.63, 3.8) is 0 Å². The highest BCUT2D eigenvalue weighted by molar-refractivity contribution is 5.94. The number of rotatable bonds is 6. The van der Waals surface area contributed by atoms with Gasteiger partial charge >= 0.3 is 0 Å². The molecule has 0 saturated carbocycles.